The van der Waals surface area contributed by atoms with Gasteiger partial charge in [0.1, 0.15) is 4.32 Å². The molecule has 0 aliphatic carbocycles. The van der Waals surface area contributed by atoms with Gasteiger partial charge in [-0.3, -0.25) is 4.90 Å². The number of hydrogen-bond donors (Lipinski definition) is 0. The lowest BCUT2D eigenvalue weighted by Gasteiger charge is -2.35. The highest BCUT2D eigenvalue weighted by Gasteiger charge is 2.18. The van der Waals surface area contributed by atoms with Crippen LogP contribution in [0, 0.1) is 11.3 Å². The number of unbranched alkanes of at least 4 members (excludes halogenated alkanes) is 1. The van der Waals surface area contributed by atoms with Gasteiger partial charge in [-0.1, -0.05) is 30.9 Å². The Hall–Kier alpha value is -0.310. The van der Waals surface area contributed by atoms with Gasteiger partial charge in [-0.15, -0.1) is 0 Å². The minimum Gasteiger partial charge on any atom is -0.355 e. The van der Waals surface area contributed by atoms with E-state index in [4.69, 9.17) is 17.5 Å². The number of nitrogens with zero attached hydrogens (tertiary/aromatic N) is 3. The Bertz CT molecular complexity index is 267. The maximum absolute atomic E-state index is 8.50. The number of nitriles is 1. The third-order valence-electron chi connectivity index (χ3n) is 2.82. The first-order valence-electron chi connectivity index (χ1n) is 6.29. The van der Waals surface area contributed by atoms with Crippen LogP contribution in [0.1, 0.15) is 26.2 Å². The maximum atomic E-state index is 8.50. The van der Waals surface area contributed by atoms with Gasteiger partial charge in [-0.25, -0.2) is 0 Å². The van der Waals surface area contributed by atoms with E-state index in [-0.39, 0.29) is 0 Å². The molecule has 3 nitrogen and oxygen atoms in total. The highest BCUT2D eigenvalue weighted by molar-refractivity contribution is 8.22. The number of rotatable bonds is 5. The molecule has 0 aromatic carbocycles. The average molecular weight is 271 g/mol. The van der Waals surface area contributed by atoms with Crippen molar-refractivity contribution in [2.75, 3.05) is 38.5 Å². The van der Waals surface area contributed by atoms with Crippen molar-refractivity contribution in [3.63, 3.8) is 0 Å². The summed E-state index contributed by atoms with van der Waals surface area (Å²) in [5.74, 6) is 1.13. The predicted molar refractivity (Wildman–Crippen MR) is 78.2 cm³/mol. The highest BCUT2D eigenvalue weighted by atomic mass is 32.2. The van der Waals surface area contributed by atoms with Crippen LogP contribution in [0.25, 0.3) is 0 Å². The van der Waals surface area contributed by atoms with Gasteiger partial charge >= 0.3 is 0 Å². The van der Waals surface area contributed by atoms with Crippen LogP contribution in [0.5, 0.6) is 0 Å². The second-order valence-electron chi connectivity index (χ2n) is 4.20. The molecule has 96 valence electrons. The van der Waals surface area contributed by atoms with Crippen molar-refractivity contribution in [3.8, 4) is 6.07 Å². The molecule has 0 unspecified atom stereocenters. The molecule has 1 fully saturated rings. The second-order valence-corrected chi connectivity index (χ2v) is 5.93. The first kappa shape index (κ1) is 14.7. The molecule has 0 spiro atoms. The predicted octanol–water partition coefficient (Wildman–Crippen LogP) is 2.34. The minimum absolute atomic E-state index is 0.672. The van der Waals surface area contributed by atoms with Crippen LogP contribution in [0.4, 0.5) is 0 Å². The SMILES string of the molecule is CCCSC(=S)N1CCN(CCCC#N)CC1. The van der Waals surface area contributed by atoms with E-state index in [1.54, 1.807) is 11.8 Å². The van der Waals surface area contributed by atoms with E-state index in [1.807, 2.05) is 0 Å². The molecule has 1 rings (SSSR count). The standard InChI is InChI=1S/C12H21N3S2/c1-2-11-17-12(16)15-9-7-14(8-10-15)6-4-3-5-13/h2-4,6-11H2,1H3. The van der Waals surface area contributed by atoms with Gasteiger partial charge in [0.15, 0.2) is 0 Å². The van der Waals surface area contributed by atoms with Crippen LogP contribution in [0.15, 0.2) is 0 Å². The van der Waals surface area contributed by atoms with Gasteiger partial charge in [0.25, 0.3) is 0 Å². The third-order valence-corrected chi connectivity index (χ3v) is 4.55. The molecule has 0 aromatic heterocycles. The average Bonchev–Trinajstić information content (AvgIpc) is 2.37. The summed E-state index contributed by atoms with van der Waals surface area (Å²) >= 11 is 7.21. The van der Waals surface area contributed by atoms with E-state index < -0.39 is 0 Å². The lowest BCUT2D eigenvalue weighted by atomic mass is 10.2. The van der Waals surface area contributed by atoms with Crippen LogP contribution >= 0.6 is 24.0 Å². The Balaban J connectivity index is 2.17. The van der Waals surface area contributed by atoms with E-state index >= 15 is 0 Å². The van der Waals surface area contributed by atoms with Crippen molar-refractivity contribution in [2.45, 2.75) is 26.2 Å². The Labute approximate surface area is 114 Å². The molecule has 0 N–H and O–H groups in total. The van der Waals surface area contributed by atoms with E-state index in [1.165, 1.54) is 6.42 Å². The molecule has 5 heteroatoms. The van der Waals surface area contributed by atoms with Crippen molar-refractivity contribution in [3.05, 3.63) is 0 Å². The summed E-state index contributed by atoms with van der Waals surface area (Å²) in [6, 6.07) is 2.20. The number of hydrogen-bond acceptors (Lipinski definition) is 4. The second kappa shape index (κ2) is 8.73. The fraction of sp³-hybridized carbons (Fsp3) is 0.833. The molecule has 0 radical (unpaired) electrons. The Morgan fingerprint density at radius 3 is 2.65 bits per heavy atom. The molecule has 1 aliphatic heterocycles. The summed E-state index contributed by atoms with van der Waals surface area (Å²) < 4.78 is 1.06. The van der Waals surface area contributed by atoms with Crippen molar-refractivity contribution >= 4 is 28.3 Å². The van der Waals surface area contributed by atoms with Gasteiger partial charge in [-0.2, -0.15) is 5.26 Å². The first-order valence-corrected chi connectivity index (χ1v) is 7.68. The van der Waals surface area contributed by atoms with Crippen LogP contribution < -0.4 is 0 Å². The molecule has 0 atom stereocenters. The van der Waals surface area contributed by atoms with E-state index in [9.17, 15) is 0 Å². The number of piperazine rings is 1. The number of thiocarbonyl (C=S) groups is 1. The molecule has 17 heavy (non-hydrogen) atoms. The fourth-order valence-electron chi connectivity index (χ4n) is 1.82. The van der Waals surface area contributed by atoms with Gasteiger partial charge in [0, 0.05) is 32.6 Å². The largest absolute Gasteiger partial charge is 0.355 e. The Kier molecular flexibility index (Phi) is 7.58. The van der Waals surface area contributed by atoms with E-state index in [2.05, 4.69) is 22.8 Å². The zero-order valence-electron chi connectivity index (χ0n) is 10.5. The zero-order chi connectivity index (χ0) is 12.5. The quantitative estimate of drug-likeness (QED) is 0.566. The highest BCUT2D eigenvalue weighted by Crippen LogP contribution is 2.13. The molecule has 0 amide bonds. The van der Waals surface area contributed by atoms with Crippen LogP contribution in [0.2, 0.25) is 0 Å². The van der Waals surface area contributed by atoms with Crippen molar-refractivity contribution in [1.29, 1.82) is 5.26 Å². The summed E-state index contributed by atoms with van der Waals surface area (Å²) in [6.45, 7) is 7.49. The monoisotopic (exact) mass is 271 g/mol. The smallest absolute Gasteiger partial charge is 0.136 e. The molecule has 0 saturated carbocycles. The van der Waals surface area contributed by atoms with Gasteiger partial charge in [-0.05, 0) is 25.1 Å². The van der Waals surface area contributed by atoms with E-state index in [0.717, 1.165) is 49.2 Å². The van der Waals surface area contributed by atoms with Crippen molar-refractivity contribution in [1.82, 2.24) is 9.80 Å². The van der Waals surface area contributed by atoms with Crippen molar-refractivity contribution < 1.29 is 0 Å². The summed E-state index contributed by atoms with van der Waals surface area (Å²) in [4.78, 5) is 4.75. The Morgan fingerprint density at radius 2 is 2.06 bits per heavy atom. The van der Waals surface area contributed by atoms with Crippen molar-refractivity contribution in [2.24, 2.45) is 0 Å². The molecule has 1 aliphatic rings. The van der Waals surface area contributed by atoms with Gasteiger partial charge in [0.05, 0.1) is 6.07 Å². The van der Waals surface area contributed by atoms with Crippen LogP contribution in [-0.4, -0.2) is 52.6 Å². The molecule has 1 saturated heterocycles. The third kappa shape index (κ3) is 5.71. The van der Waals surface area contributed by atoms with Crippen LogP contribution in [-0.2, 0) is 0 Å². The number of thioether (sulfide) groups is 1. The summed E-state index contributed by atoms with van der Waals surface area (Å²) in [5, 5.41) is 8.50. The fourth-order valence-corrected chi connectivity index (χ4v) is 2.99. The normalized spacial score (nSPS) is 16.8. The minimum atomic E-state index is 0.672. The van der Waals surface area contributed by atoms with Gasteiger partial charge in [0.2, 0.25) is 0 Å². The topological polar surface area (TPSA) is 30.3 Å². The van der Waals surface area contributed by atoms with Crippen LogP contribution in [0.3, 0.4) is 0 Å². The molecule has 0 bridgehead atoms. The summed E-state index contributed by atoms with van der Waals surface area (Å²) in [6.07, 6.45) is 2.84. The molecule has 1 heterocycles. The maximum Gasteiger partial charge on any atom is 0.136 e. The lowest BCUT2D eigenvalue weighted by molar-refractivity contribution is 0.184. The summed E-state index contributed by atoms with van der Waals surface area (Å²) in [7, 11) is 0. The van der Waals surface area contributed by atoms with E-state index in [0.29, 0.717) is 6.42 Å². The summed E-state index contributed by atoms with van der Waals surface area (Å²) in [5.41, 5.74) is 0. The first-order chi connectivity index (χ1) is 8.27. The molecular formula is C12H21N3S2. The zero-order valence-corrected chi connectivity index (χ0v) is 12.2. The lowest BCUT2D eigenvalue weighted by Crippen LogP contribution is -2.47. The Morgan fingerprint density at radius 1 is 1.35 bits per heavy atom. The van der Waals surface area contributed by atoms with Gasteiger partial charge < -0.3 is 4.90 Å². The molecule has 0 aromatic rings. The molecular weight excluding hydrogens is 250 g/mol.